The molecule has 26 heavy (non-hydrogen) atoms. The van der Waals surface area contributed by atoms with E-state index in [-0.39, 0.29) is 24.3 Å². The van der Waals surface area contributed by atoms with Crippen LogP contribution in [0.1, 0.15) is 33.9 Å². The fourth-order valence-electron chi connectivity index (χ4n) is 3.23. The second-order valence-electron chi connectivity index (χ2n) is 6.17. The zero-order chi connectivity index (χ0) is 17.9. The van der Waals surface area contributed by atoms with Gasteiger partial charge >= 0.3 is 0 Å². The van der Waals surface area contributed by atoms with Gasteiger partial charge in [-0.3, -0.25) is 9.59 Å². The van der Waals surface area contributed by atoms with Crippen LogP contribution in [0.5, 0.6) is 0 Å². The maximum Gasteiger partial charge on any atom is 0.252 e. The normalized spacial score (nSPS) is 15.4. The van der Waals surface area contributed by atoms with Crippen molar-refractivity contribution in [2.24, 2.45) is 0 Å². The first-order chi connectivity index (χ1) is 12.7. The van der Waals surface area contributed by atoms with Crippen LogP contribution in [0.2, 0.25) is 0 Å². The molecule has 4 rings (SSSR count). The van der Waals surface area contributed by atoms with Gasteiger partial charge in [-0.25, -0.2) is 4.68 Å². The van der Waals surface area contributed by atoms with Crippen LogP contribution in [0.25, 0.3) is 5.69 Å². The highest BCUT2D eigenvalue weighted by molar-refractivity contribution is 5.99. The van der Waals surface area contributed by atoms with E-state index in [1.165, 1.54) is 0 Å². The Morgan fingerprint density at radius 3 is 2.77 bits per heavy atom. The fraction of sp³-hybridized carbons (Fsp3) is 0.150. The number of carbonyl (C=O) groups is 2. The number of benzene rings is 2. The second kappa shape index (κ2) is 6.84. The van der Waals surface area contributed by atoms with E-state index in [0.717, 1.165) is 16.8 Å². The van der Waals surface area contributed by atoms with Crippen molar-refractivity contribution in [3.8, 4) is 5.69 Å². The summed E-state index contributed by atoms with van der Waals surface area (Å²) in [4.78, 5) is 24.4. The SMILES string of the molecule is O=C(C[C@H]1NC(=O)c2ccccc21)NCc1ccccc1-n1cccn1. The number of nitrogens with zero attached hydrogens (tertiary/aromatic N) is 2. The Labute approximate surface area is 150 Å². The van der Waals surface area contributed by atoms with Crippen molar-refractivity contribution in [3.05, 3.63) is 83.7 Å². The number of fused-ring (bicyclic) bond motifs is 1. The molecule has 0 saturated heterocycles. The summed E-state index contributed by atoms with van der Waals surface area (Å²) >= 11 is 0. The van der Waals surface area contributed by atoms with Gasteiger partial charge in [-0.2, -0.15) is 5.10 Å². The van der Waals surface area contributed by atoms with Crippen LogP contribution in [0.4, 0.5) is 0 Å². The van der Waals surface area contributed by atoms with Gasteiger partial charge in [0.25, 0.3) is 5.91 Å². The largest absolute Gasteiger partial charge is 0.352 e. The molecule has 0 spiro atoms. The zero-order valence-electron chi connectivity index (χ0n) is 14.1. The van der Waals surface area contributed by atoms with Crippen molar-refractivity contribution in [1.82, 2.24) is 20.4 Å². The highest BCUT2D eigenvalue weighted by Gasteiger charge is 2.29. The van der Waals surface area contributed by atoms with Gasteiger partial charge in [0.05, 0.1) is 18.2 Å². The molecule has 2 amide bonds. The first-order valence-corrected chi connectivity index (χ1v) is 8.47. The van der Waals surface area contributed by atoms with Gasteiger partial charge in [-0.05, 0) is 29.3 Å². The van der Waals surface area contributed by atoms with Gasteiger partial charge in [0.2, 0.25) is 5.91 Å². The fourth-order valence-corrected chi connectivity index (χ4v) is 3.23. The van der Waals surface area contributed by atoms with Crippen molar-refractivity contribution in [2.45, 2.75) is 19.0 Å². The molecule has 0 fully saturated rings. The Hall–Kier alpha value is -3.41. The van der Waals surface area contributed by atoms with E-state index >= 15 is 0 Å². The minimum atomic E-state index is -0.278. The van der Waals surface area contributed by atoms with Crippen LogP contribution in [-0.4, -0.2) is 21.6 Å². The lowest BCUT2D eigenvalue weighted by Gasteiger charge is -2.13. The summed E-state index contributed by atoms with van der Waals surface area (Å²) in [5, 5.41) is 10.1. The summed E-state index contributed by atoms with van der Waals surface area (Å²) in [6.07, 6.45) is 3.80. The maximum atomic E-state index is 12.4. The molecule has 0 bridgehead atoms. The second-order valence-corrected chi connectivity index (χ2v) is 6.17. The van der Waals surface area contributed by atoms with Crippen LogP contribution in [0.15, 0.2) is 67.0 Å². The molecule has 2 aromatic carbocycles. The van der Waals surface area contributed by atoms with E-state index in [1.807, 2.05) is 54.7 Å². The third kappa shape index (κ3) is 3.09. The third-order valence-corrected chi connectivity index (χ3v) is 4.49. The minimum absolute atomic E-state index is 0.109. The average Bonchev–Trinajstić information content (AvgIpc) is 3.30. The molecular weight excluding hydrogens is 328 g/mol. The number of aromatic nitrogens is 2. The Morgan fingerprint density at radius 2 is 1.92 bits per heavy atom. The Morgan fingerprint density at radius 1 is 1.12 bits per heavy atom. The van der Waals surface area contributed by atoms with Gasteiger partial charge in [0, 0.05) is 24.5 Å². The molecule has 0 unspecified atom stereocenters. The lowest BCUT2D eigenvalue weighted by atomic mass is 10.0. The number of hydrogen-bond donors (Lipinski definition) is 2. The molecule has 2 heterocycles. The molecule has 1 atom stereocenters. The van der Waals surface area contributed by atoms with Crippen molar-refractivity contribution < 1.29 is 9.59 Å². The number of hydrogen-bond acceptors (Lipinski definition) is 3. The van der Waals surface area contributed by atoms with E-state index in [2.05, 4.69) is 15.7 Å². The first-order valence-electron chi connectivity index (χ1n) is 8.47. The van der Waals surface area contributed by atoms with Crippen molar-refractivity contribution in [3.63, 3.8) is 0 Å². The van der Waals surface area contributed by atoms with Gasteiger partial charge in [0.1, 0.15) is 0 Å². The Balaban J connectivity index is 1.42. The molecule has 2 N–H and O–H groups in total. The van der Waals surface area contributed by atoms with Gasteiger partial charge in [-0.1, -0.05) is 36.4 Å². The Bertz CT molecular complexity index is 950. The molecule has 3 aromatic rings. The minimum Gasteiger partial charge on any atom is -0.352 e. The van der Waals surface area contributed by atoms with E-state index < -0.39 is 0 Å². The lowest BCUT2D eigenvalue weighted by Crippen LogP contribution is -2.29. The monoisotopic (exact) mass is 346 g/mol. The molecule has 1 aromatic heterocycles. The zero-order valence-corrected chi connectivity index (χ0v) is 14.1. The molecule has 0 saturated carbocycles. The Kier molecular flexibility index (Phi) is 4.23. The van der Waals surface area contributed by atoms with E-state index in [4.69, 9.17) is 0 Å². The van der Waals surface area contributed by atoms with Gasteiger partial charge in [0.15, 0.2) is 0 Å². The highest BCUT2D eigenvalue weighted by Crippen LogP contribution is 2.27. The van der Waals surface area contributed by atoms with Crippen molar-refractivity contribution in [1.29, 1.82) is 0 Å². The molecule has 1 aliphatic heterocycles. The molecule has 130 valence electrons. The lowest BCUT2D eigenvalue weighted by molar-refractivity contribution is -0.121. The molecule has 1 aliphatic rings. The summed E-state index contributed by atoms with van der Waals surface area (Å²) in [5.41, 5.74) is 3.43. The summed E-state index contributed by atoms with van der Waals surface area (Å²) in [7, 11) is 0. The summed E-state index contributed by atoms with van der Waals surface area (Å²) < 4.78 is 1.77. The van der Waals surface area contributed by atoms with Crippen LogP contribution < -0.4 is 10.6 Å². The number of nitrogens with one attached hydrogen (secondary N) is 2. The number of carbonyl (C=O) groups excluding carboxylic acids is 2. The third-order valence-electron chi connectivity index (χ3n) is 4.49. The summed E-state index contributed by atoms with van der Waals surface area (Å²) in [5.74, 6) is -0.232. The standard InChI is InChI=1S/C20H18N4O2/c25-19(12-17-15-7-2-3-8-16(15)20(26)23-17)21-13-14-6-1-4-9-18(14)24-11-5-10-22-24/h1-11,17H,12-13H2,(H,21,25)(H,23,26)/t17-/m1/s1. The number of para-hydroxylation sites is 1. The molecular formula is C20H18N4O2. The van der Waals surface area contributed by atoms with E-state index in [9.17, 15) is 9.59 Å². The molecule has 0 aliphatic carbocycles. The number of rotatable bonds is 5. The van der Waals surface area contributed by atoms with Crippen LogP contribution >= 0.6 is 0 Å². The van der Waals surface area contributed by atoms with Crippen LogP contribution in [-0.2, 0) is 11.3 Å². The van der Waals surface area contributed by atoms with Gasteiger partial charge < -0.3 is 10.6 Å². The average molecular weight is 346 g/mol. The van der Waals surface area contributed by atoms with E-state index in [0.29, 0.717) is 12.1 Å². The molecule has 0 radical (unpaired) electrons. The predicted molar refractivity (Wildman–Crippen MR) is 96.7 cm³/mol. The molecule has 6 heteroatoms. The topological polar surface area (TPSA) is 76.0 Å². The number of amides is 2. The van der Waals surface area contributed by atoms with Crippen LogP contribution in [0.3, 0.4) is 0 Å². The summed E-state index contributed by atoms with van der Waals surface area (Å²) in [6, 6.07) is 16.7. The maximum absolute atomic E-state index is 12.4. The summed E-state index contributed by atoms with van der Waals surface area (Å²) in [6.45, 7) is 0.400. The smallest absolute Gasteiger partial charge is 0.252 e. The van der Waals surface area contributed by atoms with Crippen molar-refractivity contribution >= 4 is 11.8 Å². The van der Waals surface area contributed by atoms with Crippen LogP contribution in [0, 0.1) is 0 Å². The quantitative estimate of drug-likeness (QED) is 0.745. The highest BCUT2D eigenvalue weighted by atomic mass is 16.2. The van der Waals surface area contributed by atoms with Crippen molar-refractivity contribution in [2.75, 3.05) is 0 Å². The molecule has 6 nitrogen and oxygen atoms in total. The predicted octanol–water partition coefficient (Wildman–Crippen LogP) is 2.36. The van der Waals surface area contributed by atoms with Gasteiger partial charge in [-0.15, -0.1) is 0 Å². The van der Waals surface area contributed by atoms with E-state index in [1.54, 1.807) is 16.9 Å². The first kappa shape index (κ1) is 16.1.